The van der Waals surface area contributed by atoms with E-state index in [1.807, 2.05) is 60.0 Å². The van der Waals surface area contributed by atoms with E-state index in [1.165, 1.54) is 0 Å². The molecule has 1 heterocycles. The molecule has 126 valence electrons. The number of para-hydroxylation sites is 2. The first-order valence-corrected chi connectivity index (χ1v) is 7.98. The van der Waals surface area contributed by atoms with Crippen LogP contribution in [0.3, 0.4) is 0 Å². The number of benzene rings is 2. The first-order chi connectivity index (χ1) is 11.7. The maximum Gasteiger partial charge on any atom is 0.136 e. The predicted octanol–water partition coefficient (Wildman–Crippen LogP) is 2.93. The molecule has 0 bridgehead atoms. The molecular weight excluding hydrogens is 304 g/mol. The van der Waals surface area contributed by atoms with Crippen LogP contribution < -0.4 is 4.74 Å². The van der Waals surface area contributed by atoms with Crippen LogP contribution in [0.25, 0.3) is 11.0 Å². The fraction of sp³-hybridized carbons (Fsp3) is 0.316. The molecule has 2 aromatic carbocycles. The summed E-state index contributed by atoms with van der Waals surface area (Å²) in [5.41, 5.74) is 3.01. The molecule has 5 nitrogen and oxygen atoms in total. The second kappa shape index (κ2) is 7.47. The number of imidazole rings is 1. The van der Waals surface area contributed by atoms with Crippen molar-refractivity contribution in [1.29, 1.82) is 0 Å². The van der Waals surface area contributed by atoms with E-state index in [-0.39, 0.29) is 6.61 Å². The lowest BCUT2D eigenvalue weighted by molar-refractivity contribution is 0.0901. The molecule has 3 aromatic rings. The smallest absolute Gasteiger partial charge is 0.136 e. The van der Waals surface area contributed by atoms with E-state index in [9.17, 15) is 5.11 Å². The average Bonchev–Trinajstić information content (AvgIpc) is 2.91. The van der Waals surface area contributed by atoms with E-state index < -0.39 is 6.10 Å². The maximum absolute atomic E-state index is 10.4. The fourth-order valence-corrected chi connectivity index (χ4v) is 2.73. The van der Waals surface area contributed by atoms with E-state index >= 15 is 0 Å². The standard InChI is InChI=1S/C19H22N2O3/c1-14-6-5-7-16(10-14)24-12-15(22)11-21-18-9-4-3-8-17(18)20-19(21)13-23-2/h3-10,15,22H,11-13H2,1-2H3. The van der Waals surface area contributed by atoms with Crippen LogP contribution in [0.4, 0.5) is 0 Å². The van der Waals surface area contributed by atoms with Crippen LogP contribution in [-0.4, -0.2) is 34.5 Å². The molecule has 1 atom stereocenters. The third-order valence-corrected chi connectivity index (χ3v) is 3.83. The Morgan fingerprint density at radius 1 is 1.17 bits per heavy atom. The number of aliphatic hydroxyl groups excluding tert-OH is 1. The zero-order valence-electron chi connectivity index (χ0n) is 14.0. The number of ether oxygens (including phenoxy) is 2. The van der Waals surface area contributed by atoms with E-state index in [1.54, 1.807) is 7.11 Å². The largest absolute Gasteiger partial charge is 0.491 e. The van der Waals surface area contributed by atoms with Gasteiger partial charge >= 0.3 is 0 Å². The van der Waals surface area contributed by atoms with Gasteiger partial charge in [-0.3, -0.25) is 0 Å². The SMILES string of the molecule is COCc1nc2ccccc2n1CC(O)COc1cccc(C)c1. The summed E-state index contributed by atoms with van der Waals surface area (Å²) in [6.45, 7) is 3.05. The van der Waals surface area contributed by atoms with E-state index in [4.69, 9.17) is 9.47 Å². The van der Waals surface area contributed by atoms with Crippen LogP contribution in [0.15, 0.2) is 48.5 Å². The number of aryl methyl sites for hydroxylation is 1. The van der Waals surface area contributed by atoms with Crippen molar-refractivity contribution in [3.63, 3.8) is 0 Å². The summed E-state index contributed by atoms with van der Waals surface area (Å²) in [5.74, 6) is 1.56. The Morgan fingerprint density at radius 3 is 2.79 bits per heavy atom. The molecule has 0 aliphatic heterocycles. The summed E-state index contributed by atoms with van der Waals surface area (Å²) in [6, 6.07) is 15.7. The first-order valence-electron chi connectivity index (χ1n) is 7.98. The highest BCUT2D eigenvalue weighted by Gasteiger charge is 2.14. The van der Waals surface area contributed by atoms with Crippen molar-refractivity contribution in [2.75, 3.05) is 13.7 Å². The van der Waals surface area contributed by atoms with Crippen LogP contribution in [0, 0.1) is 6.92 Å². The Bertz CT molecular complexity index is 813. The van der Waals surface area contributed by atoms with Gasteiger partial charge in [0.2, 0.25) is 0 Å². The van der Waals surface area contributed by atoms with Crippen LogP contribution in [0.5, 0.6) is 5.75 Å². The second-order valence-corrected chi connectivity index (χ2v) is 5.84. The molecule has 1 N–H and O–H groups in total. The third-order valence-electron chi connectivity index (χ3n) is 3.83. The molecule has 0 saturated heterocycles. The van der Waals surface area contributed by atoms with Crippen molar-refractivity contribution in [3.05, 3.63) is 59.9 Å². The van der Waals surface area contributed by atoms with E-state index in [2.05, 4.69) is 4.98 Å². The molecule has 24 heavy (non-hydrogen) atoms. The quantitative estimate of drug-likeness (QED) is 0.725. The van der Waals surface area contributed by atoms with Gasteiger partial charge in [-0.1, -0.05) is 24.3 Å². The predicted molar refractivity (Wildman–Crippen MR) is 93.1 cm³/mol. The first kappa shape index (κ1) is 16.5. The van der Waals surface area contributed by atoms with Crippen molar-refractivity contribution in [1.82, 2.24) is 9.55 Å². The summed E-state index contributed by atoms with van der Waals surface area (Å²) < 4.78 is 12.9. The Morgan fingerprint density at radius 2 is 2.00 bits per heavy atom. The average molecular weight is 326 g/mol. The number of rotatable bonds is 7. The summed E-state index contributed by atoms with van der Waals surface area (Å²) in [5, 5.41) is 10.4. The molecule has 3 rings (SSSR count). The van der Waals surface area contributed by atoms with Gasteiger partial charge in [-0.25, -0.2) is 4.98 Å². The Balaban J connectivity index is 1.72. The van der Waals surface area contributed by atoms with Gasteiger partial charge in [0.25, 0.3) is 0 Å². The van der Waals surface area contributed by atoms with Gasteiger partial charge in [0.15, 0.2) is 0 Å². The highest BCUT2D eigenvalue weighted by atomic mass is 16.5. The lowest BCUT2D eigenvalue weighted by Gasteiger charge is -2.15. The van der Waals surface area contributed by atoms with Gasteiger partial charge < -0.3 is 19.1 Å². The second-order valence-electron chi connectivity index (χ2n) is 5.84. The molecule has 0 radical (unpaired) electrons. The summed E-state index contributed by atoms with van der Waals surface area (Å²) in [4.78, 5) is 4.57. The third kappa shape index (κ3) is 3.75. The topological polar surface area (TPSA) is 56.5 Å². The van der Waals surface area contributed by atoms with E-state index in [0.717, 1.165) is 28.2 Å². The zero-order chi connectivity index (χ0) is 16.9. The summed E-state index contributed by atoms with van der Waals surface area (Å²) in [6.07, 6.45) is -0.640. The Labute approximate surface area is 141 Å². The number of aliphatic hydroxyl groups is 1. The van der Waals surface area contributed by atoms with Gasteiger partial charge in [0.05, 0.1) is 17.6 Å². The van der Waals surface area contributed by atoms with Gasteiger partial charge in [0.1, 0.15) is 30.9 Å². The molecule has 0 spiro atoms. The van der Waals surface area contributed by atoms with E-state index in [0.29, 0.717) is 13.2 Å². The monoisotopic (exact) mass is 326 g/mol. The minimum absolute atomic E-state index is 0.225. The van der Waals surface area contributed by atoms with Gasteiger partial charge in [0, 0.05) is 7.11 Å². The zero-order valence-corrected chi connectivity index (χ0v) is 14.0. The Hall–Kier alpha value is -2.37. The van der Waals surface area contributed by atoms with Crippen molar-refractivity contribution in [3.8, 4) is 5.75 Å². The minimum atomic E-state index is -0.640. The van der Waals surface area contributed by atoms with Crippen molar-refractivity contribution >= 4 is 11.0 Å². The highest BCUT2D eigenvalue weighted by molar-refractivity contribution is 5.75. The van der Waals surface area contributed by atoms with Gasteiger partial charge in [-0.2, -0.15) is 0 Å². The molecule has 0 aliphatic carbocycles. The molecule has 0 fully saturated rings. The Kier molecular flexibility index (Phi) is 5.13. The number of hydrogen-bond donors (Lipinski definition) is 1. The summed E-state index contributed by atoms with van der Waals surface area (Å²) >= 11 is 0. The number of aromatic nitrogens is 2. The lowest BCUT2D eigenvalue weighted by atomic mass is 10.2. The number of fused-ring (bicyclic) bond motifs is 1. The molecule has 1 aromatic heterocycles. The lowest BCUT2D eigenvalue weighted by Crippen LogP contribution is -2.24. The van der Waals surface area contributed by atoms with Crippen LogP contribution >= 0.6 is 0 Å². The highest BCUT2D eigenvalue weighted by Crippen LogP contribution is 2.18. The van der Waals surface area contributed by atoms with Crippen molar-refractivity contribution < 1.29 is 14.6 Å². The molecule has 0 saturated carbocycles. The van der Waals surface area contributed by atoms with Crippen molar-refractivity contribution in [2.45, 2.75) is 26.2 Å². The normalized spacial score (nSPS) is 12.5. The number of hydrogen-bond acceptors (Lipinski definition) is 4. The number of methoxy groups -OCH3 is 1. The van der Waals surface area contributed by atoms with Gasteiger partial charge in [-0.15, -0.1) is 0 Å². The van der Waals surface area contributed by atoms with Gasteiger partial charge in [-0.05, 0) is 36.8 Å². The molecular formula is C19H22N2O3. The molecule has 0 amide bonds. The maximum atomic E-state index is 10.4. The number of nitrogens with zero attached hydrogens (tertiary/aromatic N) is 2. The minimum Gasteiger partial charge on any atom is -0.491 e. The van der Waals surface area contributed by atoms with Crippen LogP contribution in [0.2, 0.25) is 0 Å². The summed E-state index contributed by atoms with van der Waals surface area (Å²) in [7, 11) is 1.64. The molecule has 1 unspecified atom stereocenters. The van der Waals surface area contributed by atoms with Crippen LogP contribution in [-0.2, 0) is 17.9 Å². The van der Waals surface area contributed by atoms with Crippen LogP contribution in [0.1, 0.15) is 11.4 Å². The molecule has 5 heteroatoms. The molecule has 0 aliphatic rings. The fourth-order valence-electron chi connectivity index (χ4n) is 2.73. The van der Waals surface area contributed by atoms with Crippen molar-refractivity contribution in [2.24, 2.45) is 0 Å².